The first kappa shape index (κ1) is 17.6. The maximum absolute atomic E-state index is 5.88. The summed E-state index contributed by atoms with van der Waals surface area (Å²) < 4.78 is 5.88. The molecule has 0 unspecified atom stereocenters. The van der Waals surface area contributed by atoms with Crippen LogP contribution in [0.2, 0.25) is 0 Å². The van der Waals surface area contributed by atoms with Crippen molar-refractivity contribution < 1.29 is 4.74 Å². The van der Waals surface area contributed by atoms with Gasteiger partial charge in [-0.05, 0) is 68.3 Å². The Bertz CT molecular complexity index is 628. The SMILES string of the molecule is CCOC[C@@]1(CCc2sccc2C)CCN(Cc2cccnc2)C1. The molecule has 1 aliphatic rings. The third kappa shape index (κ3) is 4.44. The van der Waals surface area contributed by atoms with Gasteiger partial charge in [-0.1, -0.05) is 6.07 Å². The molecule has 2 aromatic rings. The Morgan fingerprint density at radius 1 is 1.38 bits per heavy atom. The van der Waals surface area contributed by atoms with Crippen LogP contribution in [0.25, 0.3) is 0 Å². The number of hydrogen-bond acceptors (Lipinski definition) is 4. The molecule has 2 aromatic heterocycles. The molecule has 0 radical (unpaired) electrons. The van der Waals surface area contributed by atoms with Gasteiger partial charge in [-0.3, -0.25) is 9.88 Å². The maximum Gasteiger partial charge on any atom is 0.0535 e. The van der Waals surface area contributed by atoms with Gasteiger partial charge in [0, 0.05) is 42.4 Å². The number of aryl methyl sites for hydroxylation is 2. The van der Waals surface area contributed by atoms with Crippen molar-refractivity contribution in [3.05, 3.63) is 52.0 Å². The van der Waals surface area contributed by atoms with Gasteiger partial charge in [-0.25, -0.2) is 0 Å². The maximum atomic E-state index is 5.88. The summed E-state index contributed by atoms with van der Waals surface area (Å²) in [5.74, 6) is 0. The van der Waals surface area contributed by atoms with Gasteiger partial charge in [0.15, 0.2) is 0 Å². The van der Waals surface area contributed by atoms with E-state index in [4.69, 9.17) is 4.74 Å². The molecule has 3 heterocycles. The molecule has 130 valence electrons. The zero-order chi connectivity index (χ0) is 16.8. The van der Waals surface area contributed by atoms with Gasteiger partial charge >= 0.3 is 0 Å². The fourth-order valence-electron chi connectivity index (χ4n) is 3.66. The third-order valence-corrected chi connectivity index (χ3v) is 6.19. The Hall–Kier alpha value is -1.23. The fourth-order valence-corrected chi connectivity index (χ4v) is 4.57. The van der Waals surface area contributed by atoms with E-state index in [-0.39, 0.29) is 0 Å². The molecule has 1 fully saturated rings. The number of thiophene rings is 1. The van der Waals surface area contributed by atoms with Crippen LogP contribution in [0.4, 0.5) is 0 Å². The average molecular weight is 345 g/mol. The van der Waals surface area contributed by atoms with Crippen LogP contribution >= 0.6 is 11.3 Å². The third-order valence-electron chi connectivity index (χ3n) is 5.11. The van der Waals surface area contributed by atoms with Gasteiger partial charge in [-0.2, -0.15) is 0 Å². The number of hydrogen-bond donors (Lipinski definition) is 0. The molecule has 1 saturated heterocycles. The standard InChI is InChI=1S/C20H28N2OS/c1-3-23-16-20(8-6-19-17(2)7-12-24-19)9-11-22(15-20)14-18-5-4-10-21-13-18/h4-5,7,10,12-13H,3,6,8-9,11,14-16H2,1-2H3/t20-/m0/s1. The molecule has 0 aromatic carbocycles. The van der Waals surface area contributed by atoms with Gasteiger partial charge < -0.3 is 4.74 Å². The Morgan fingerprint density at radius 3 is 3.00 bits per heavy atom. The molecule has 3 rings (SSSR count). The highest BCUT2D eigenvalue weighted by atomic mass is 32.1. The zero-order valence-electron chi connectivity index (χ0n) is 14.8. The summed E-state index contributed by atoms with van der Waals surface area (Å²) in [6.45, 7) is 9.31. The van der Waals surface area contributed by atoms with E-state index in [1.54, 1.807) is 0 Å². The number of pyridine rings is 1. The quantitative estimate of drug-likeness (QED) is 0.713. The molecule has 1 atom stereocenters. The van der Waals surface area contributed by atoms with Gasteiger partial charge in [0.2, 0.25) is 0 Å². The molecule has 0 spiro atoms. The summed E-state index contributed by atoms with van der Waals surface area (Å²) in [4.78, 5) is 8.35. The number of likely N-dealkylation sites (tertiary alicyclic amines) is 1. The molecular formula is C20H28N2OS. The minimum absolute atomic E-state index is 0.300. The lowest BCUT2D eigenvalue weighted by Gasteiger charge is -2.29. The largest absolute Gasteiger partial charge is 0.381 e. The van der Waals surface area contributed by atoms with Crippen LogP contribution in [-0.4, -0.2) is 36.2 Å². The second-order valence-corrected chi connectivity index (χ2v) is 7.99. The summed E-state index contributed by atoms with van der Waals surface area (Å²) in [6.07, 6.45) is 7.46. The molecule has 3 nitrogen and oxygen atoms in total. The van der Waals surface area contributed by atoms with Crippen LogP contribution < -0.4 is 0 Å². The van der Waals surface area contributed by atoms with Crippen molar-refractivity contribution in [3.8, 4) is 0 Å². The summed E-state index contributed by atoms with van der Waals surface area (Å²) in [6, 6.07) is 6.43. The Morgan fingerprint density at radius 2 is 2.29 bits per heavy atom. The smallest absolute Gasteiger partial charge is 0.0535 e. The van der Waals surface area contributed by atoms with Gasteiger partial charge in [0.1, 0.15) is 0 Å². The van der Waals surface area contributed by atoms with Crippen molar-refractivity contribution in [2.45, 2.75) is 39.7 Å². The molecule has 24 heavy (non-hydrogen) atoms. The molecular weight excluding hydrogens is 316 g/mol. The van der Waals surface area contributed by atoms with Crippen LogP contribution in [0.5, 0.6) is 0 Å². The Kier molecular flexibility index (Phi) is 6.04. The predicted octanol–water partition coefficient (Wildman–Crippen LogP) is 4.31. The first-order valence-corrected chi connectivity index (χ1v) is 9.81. The lowest BCUT2D eigenvalue weighted by atomic mass is 9.82. The van der Waals surface area contributed by atoms with E-state index in [1.165, 1.54) is 35.3 Å². The average Bonchev–Trinajstić information content (AvgIpc) is 3.19. The normalized spacial score (nSPS) is 21.4. The summed E-state index contributed by atoms with van der Waals surface area (Å²) in [7, 11) is 0. The molecule has 0 aliphatic carbocycles. The first-order valence-electron chi connectivity index (χ1n) is 8.93. The number of rotatable bonds is 8. The molecule has 0 bridgehead atoms. The molecule has 0 saturated carbocycles. The van der Waals surface area contributed by atoms with Gasteiger partial charge in [-0.15, -0.1) is 11.3 Å². The van der Waals surface area contributed by atoms with E-state index in [1.807, 2.05) is 29.8 Å². The Labute approximate surface area is 149 Å². The van der Waals surface area contributed by atoms with E-state index in [0.29, 0.717) is 5.41 Å². The lowest BCUT2D eigenvalue weighted by Crippen LogP contribution is -2.32. The number of ether oxygens (including phenoxy) is 1. The second-order valence-electron chi connectivity index (χ2n) is 6.99. The zero-order valence-corrected chi connectivity index (χ0v) is 15.6. The molecule has 4 heteroatoms. The van der Waals surface area contributed by atoms with Crippen LogP contribution in [-0.2, 0) is 17.7 Å². The minimum Gasteiger partial charge on any atom is -0.381 e. The van der Waals surface area contributed by atoms with Crippen molar-refractivity contribution in [2.75, 3.05) is 26.3 Å². The van der Waals surface area contributed by atoms with Crippen molar-refractivity contribution in [2.24, 2.45) is 5.41 Å². The first-order chi connectivity index (χ1) is 11.7. The summed E-state index contributed by atoms with van der Waals surface area (Å²) in [5, 5.41) is 2.21. The van der Waals surface area contributed by atoms with Crippen LogP contribution in [0, 0.1) is 12.3 Å². The van der Waals surface area contributed by atoms with Crippen LogP contribution in [0.15, 0.2) is 36.0 Å². The molecule has 0 N–H and O–H groups in total. The van der Waals surface area contributed by atoms with Crippen molar-refractivity contribution in [3.63, 3.8) is 0 Å². The number of aromatic nitrogens is 1. The Balaban J connectivity index is 1.62. The van der Waals surface area contributed by atoms with E-state index in [2.05, 4.69) is 41.2 Å². The van der Waals surface area contributed by atoms with Gasteiger partial charge in [0.05, 0.1) is 6.61 Å². The fraction of sp³-hybridized carbons (Fsp3) is 0.550. The summed E-state index contributed by atoms with van der Waals surface area (Å²) >= 11 is 1.90. The van der Waals surface area contributed by atoms with Crippen molar-refractivity contribution in [1.82, 2.24) is 9.88 Å². The highest BCUT2D eigenvalue weighted by Crippen LogP contribution is 2.37. The predicted molar refractivity (Wildman–Crippen MR) is 100 cm³/mol. The van der Waals surface area contributed by atoms with Crippen molar-refractivity contribution in [1.29, 1.82) is 0 Å². The highest BCUT2D eigenvalue weighted by molar-refractivity contribution is 7.10. The van der Waals surface area contributed by atoms with Crippen LogP contribution in [0.3, 0.4) is 0 Å². The van der Waals surface area contributed by atoms with E-state index in [0.717, 1.165) is 32.8 Å². The molecule has 1 aliphatic heterocycles. The van der Waals surface area contributed by atoms with Gasteiger partial charge in [0.25, 0.3) is 0 Å². The summed E-state index contributed by atoms with van der Waals surface area (Å²) in [5.41, 5.74) is 3.05. The van der Waals surface area contributed by atoms with E-state index >= 15 is 0 Å². The minimum atomic E-state index is 0.300. The van der Waals surface area contributed by atoms with Crippen molar-refractivity contribution >= 4 is 11.3 Å². The number of nitrogens with zero attached hydrogens (tertiary/aromatic N) is 2. The van der Waals surface area contributed by atoms with E-state index < -0.39 is 0 Å². The van der Waals surface area contributed by atoms with E-state index in [9.17, 15) is 0 Å². The topological polar surface area (TPSA) is 25.4 Å². The molecule has 0 amide bonds. The second kappa shape index (κ2) is 8.24. The van der Waals surface area contributed by atoms with Crippen LogP contribution in [0.1, 0.15) is 35.8 Å². The highest BCUT2D eigenvalue weighted by Gasteiger charge is 2.38. The lowest BCUT2D eigenvalue weighted by molar-refractivity contribution is 0.0490. The monoisotopic (exact) mass is 344 g/mol.